The van der Waals surface area contributed by atoms with Crippen molar-refractivity contribution in [3.05, 3.63) is 102 Å². The third-order valence-corrected chi connectivity index (χ3v) is 5.69. The van der Waals surface area contributed by atoms with Gasteiger partial charge in [0, 0.05) is 19.1 Å². The molecule has 2 nitrogen and oxygen atoms in total. The third-order valence-electron chi connectivity index (χ3n) is 5.69. The van der Waals surface area contributed by atoms with Crippen molar-refractivity contribution >= 4 is 5.57 Å². The zero-order valence-electron chi connectivity index (χ0n) is 17.3. The molecule has 0 saturated heterocycles. The van der Waals surface area contributed by atoms with E-state index in [-0.39, 0.29) is 6.04 Å². The average molecular weight is 423 g/mol. The number of benzene rings is 3. The molecule has 3 aromatic carbocycles. The standard InChI is InChI=1S/C26H24F3NO/c1-19(20-10-12-25(13-11-20)31-24-8-3-2-4-9-24)30-16-14-21(15-17-30)22-6-5-7-23(18-22)26(27,28)29/h2-14,18-19H,15-17H2,1H3. The first-order valence-corrected chi connectivity index (χ1v) is 10.3. The van der Waals surface area contributed by atoms with Crippen molar-refractivity contribution < 1.29 is 17.9 Å². The summed E-state index contributed by atoms with van der Waals surface area (Å²) in [5.41, 5.74) is 2.21. The second-order valence-electron chi connectivity index (χ2n) is 7.71. The van der Waals surface area contributed by atoms with E-state index >= 15 is 0 Å². The van der Waals surface area contributed by atoms with Crippen molar-refractivity contribution in [3.8, 4) is 11.5 Å². The van der Waals surface area contributed by atoms with Gasteiger partial charge in [0.1, 0.15) is 11.5 Å². The van der Waals surface area contributed by atoms with E-state index in [0.717, 1.165) is 36.1 Å². The Labute approximate surface area is 180 Å². The fraction of sp³-hybridized carbons (Fsp3) is 0.231. The molecule has 1 unspecified atom stereocenters. The van der Waals surface area contributed by atoms with Gasteiger partial charge in [0.25, 0.3) is 0 Å². The molecule has 1 heterocycles. The highest BCUT2D eigenvalue weighted by Gasteiger charge is 2.30. The Balaban J connectivity index is 1.41. The summed E-state index contributed by atoms with van der Waals surface area (Å²) in [4.78, 5) is 2.32. The summed E-state index contributed by atoms with van der Waals surface area (Å²) >= 11 is 0. The van der Waals surface area contributed by atoms with Crippen LogP contribution >= 0.6 is 0 Å². The van der Waals surface area contributed by atoms with Crippen LogP contribution in [0.5, 0.6) is 11.5 Å². The molecule has 0 fully saturated rings. The molecule has 0 bridgehead atoms. The number of halogens is 3. The van der Waals surface area contributed by atoms with Gasteiger partial charge in [-0.2, -0.15) is 13.2 Å². The summed E-state index contributed by atoms with van der Waals surface area (Å²) in [7, 11) is 0. The summed E-state index contributed by atoms with van der Waals surface area (Å²) in [5.74, 6) is 1.58. The van der Waals surface area contributed by atoms with Gasteiger partial charge in [0.15, 0.2) is 0 Å². The van der Waals surface area contributed by atoms with E-state index in [2.05, 4.69) is 24.0 Å². The van der Waals surface area contributed by atoms with Crippen molar-refractivity contribution in [3.63, 3.8) is 0 Å². The molecule has 31 heavy (non-hydrogen) atoms. The van der Waals surface area contributed by atoms with Crippen molar-refractivity contribution in [2.24, 2.45) is 0 Å². The van der Waals surface area contributed by atoms with E-state index in [9.17, 15) is 13.2 Å². The maximum absolute atomic E-state index is 13.0. The predicted molar refractivity (Wildman–Crippen MR) is 117 cm³/mol. The lowest BCUT2D eigenvalue weighted by Crippen LogP contribution is -2.31. The van der Waals surface area contributed by atoms with Crippen LogP contribution in [-0.4, -0.2) is 18.0 Å². The molecule has 0 N–H and O–H groups in total. The van der Waals surface area contributed by atoms with E-state index in [4.69, 9.17) is 4.74 Å². The van der Waals surface area contributed by atoms with Crippen LogP contribution in [0.25, 0.3) is 5.57 Å². The maximum atomic E-state index is 13.0. The fourth-order valence-electron chi connectivity index (χ4n) is 3.84. The molecule has 1 aliphatic heterocycles. The van der Waals surface area contributed by atoms with E-state index in [0.29, 0.717) is 12.1 Å². The topological polar surface area (TPSA) is 12.5 Å². The van der Waals surface area contributed by atoms with E-state index in [1.807, 2.05) is 48.5 Å². The minimum absolute atomic E-state index is 0.199. The molecule has 3 aromatic rings. The van der Waals surface area contributed by atoms with Gasteiger partial charge in [-0.05, 0) is 66.4 Å². The molecule has 5 heteroatoms. The van der Waals surface area contributed by atoms with Gasteiger partial charge in [0.2, 0.25) is 0 Å². The second-order valence-corrected chi connectivity index (χ2v) is 7.71. The Morgan fingerprint density at radius 1 is 0.871 bits per heavy atom. The Hall–Kier alpha value is -3.05. The lowest BCUT2D eigenvalue weighted by atomic mass is 9.96. The SMILES string of the molecule is CC(c1ccc(Oc2ccccc2)cc1)N1CC=C(c2cccc(C(F)(F)F)c2)CC1. The normalized spacial score (nSPS) is 15.9. The lowest BCUT2D eigenvalue weighted by Gasteiger charge is -2.32. The van der Waals surface area contributed by atoms with E-state index in [1.54, 1.807) is 6.07 Å². The van der Waals surface area contributed by atoms with Gasteiger partial charge in [-0.15, -0.1) is 0 Å². The predicted octanol–water partition coefficient (Wildman–Crippen LogP) is 7.35. The van der Waals surface area contributed by atoms with Gasteiger partial charge in [-0.1, -0.05) is 48.5 Å². The zero-order chi connectivity index (χ0) is 21.8. The summed E-state index contributed by atoms with van der Waals surface area (Å²) in [6.45, 7) is 3.65. The highest BCUT2D eigenvalue weighted by atomic mass is 19.4. The molecular formula is C26H24F3NO. The van der Waals surface area contributed by atoms with Crippen molar-refractivity contribution in [1.29, 1.82) is 0 Å². The number of rotatable bonds is 5. The van der Waals surface area contributed by atoms with Crippen LogP contribution in [0.15, 0.2) is 84.9 Å². The highest BCUT2D eigenvalue weighted by Crippen LogP contribution is 2.33. The first kappa shape index (κ1) is 21.2. The molecule has 1 aliphatic rings. The van der Waals surface area contributed by atoms with Gasteiger partial charge < -0.3 is 4.74 Å². The van der Waals surface area contributed by atoms with Crippen LogP contribution in [0.2, 0.25) is 0 Å². The number of hydrogen-bond donors (Lipinski definition) is 0. The van der Waals surface area contributed by atoms with Crippen LogP contribution in [0.1, 0.15) is 36.1 Å². The minimum Gasteiger partial charge on any atom is -0.457 e. The third kappa shape index (κ3) is 5.17. The summed E-state index contributed by atoms with van der Waals surface area (Å²) in [6.07, 6.45) is -1.55. The van der Waals surface area contributed by atoms with Crippen molar-refractivity contribution in [2.75, 3.05) is 13.1 Å². The molecule has 1 atom stereocenters. The lowest BCUT2D eigenvalue weighted by molar-refractivity contribution is -0.137. The van der Waals surface area contributed by atoms with E-state index in [1.165, 1.54) is 17.7 Å². The minimum atomic E-state index is -4.32. The number of para-hydroxylation sites is 1. The van der Waals surface area contributed by atoms with Gasteiger partial charge in [-0.3, -0.25) is 4.90 Å². The molecule has 0 aromatic heterocycles. The molecule has 0 spiro atoms. The van der Waals surface area contributed by atoms with Crippen LogP contribution < -0.4 is 4.74 Å². The van der Waals surface area contributed by atoms with Crippen LogP contribution in [0, 0.1) is 0 Å². The molecule has 4 rings (SSSR count). The van der Waals surface area contributed by atoms with Crippen molar-refractivity contribution in [1.82, 2.24) is 4.90 Å². The Morgan fingerprint density at radius 2 is 1.58 bits per heavy atom. The summed E-state index contributed by atoms with van der Waals surface area (Å²) in [6, 6.07) is 23.5. The Bertz CT molecular complexity index is 1040. The summed E-state index contributed by atoms with van der Waals surface area (Å²) < 4.78 is 44.9. The zero-order valence-corrected chi connectivity index (χ0v) is 17.3. The van der Waals surface area contributed by atoms with Crippen molar-refractivity contribution in [2.45, 2.75) is 25.6 Å². The molecule has 0 aliphatic carbocycles. The number of alkyl halides is 3. The highest BCUT2D eigenvalue weighted by molar-refractivity contribution is 5.67. The Kier molecular flexibility index (Phi) is 6.14. The molecule has 160 valence electrons. The number of hydrogen-bond acceptors (Lipinski definition) is 2. The molecular weight excluding hydrogens is 399 g/mol. The van der Waals surface area contributed by atoms with Gasteiger partial charge >= 0.3 is 6.18 Å². The Morgan fingerprint density at radius 3 is 2.23 bits per heavy atom. The monoisotopic (exact) mass is 423 g/mol. The summed E-state index contributed by atoms with van der Waals surface area (Å²) in [5, 5.41) is 0. The largest absolute Gasteiger partial charge is 0.457 e. The van der Waals surface area contributed by atoms with Crippen LogP contribution in [0.4, 0.5) is 13.2 Å². The smallest absolute Gasteiger partial charge is 0.416 e. The molecule has 0 saturated carbocycles. The number of nitrogens with zero attached hydrogens (tertiary/aromatic N) is 1. The van der Waals surface area contributed by atoms with Gasteiger partial charge in [-0.25, -0.2) is 0 Å². The second kappa shape index (κ2) is 8.98. The van der Waals surface area contributed by atoms with Gasteiger partial charge in [0.05, 0.1) is 5.56 Å². The first-order chi connectivity index (χ1) is 14.9. The maximum Gasteiger partial charge on any atom is 0.416 e. The first-order valence-electron chi connectivity index (χ1n) is 10.3. The average Bonchev–Trinajstić information content (AvgIpc) is 2.79. The molecule has 0 radical (unpaired) electrons. The van der Waals surface area contributed by atoms with Crippen LogP contribution in [-0.2, 0) is 6.18 Å². The molecule has 0 amide bonds. The van der Waals surface area contributed by atoms with E-state index < -0.39 is 11.7 Å². The quantitative estimate of drug-likeness (QED) is 0.425. The number of ether oxygens (including phenoxy) is 1. The van der Waals surface area contributed by atoms with Crippen LogP contribution in [0.3, 0.4) is 0 Å². The fourth-order valence-corrected chi connectivity index (χ4v) is 3.84.